The summed E-state index contributed by atoms with van der Waals surface area (Å²) in [4.78, 5) is 0. The van der Waals surface area contributed by atoms with Gasteiger partial charge >= 0.3 is 0 Å². The third-order valence-electron chi connectivity index (χ3n) is 3.85. The van der Waals surface area contributed by atoms with Gasteiger partial charge in [-0.1, -0.05) is 46.6 Å². The molecule has 2 aromatic heterocycles. The van der Waals surface area contributed by atoms with Crippen LogP contribution in [0.5, 0.6) is 0 Å². The molecule has 0 aliphatic heterocycles. The molecule has 4 aromatic rings. The number of hydrogen-bond acceptors (Lipinski definition) is 5. The number of nitrogens with zero attached hydrogens (tertiary/aromatic N) is 5. The number of nitrogen functional groups attached to an aromatic ring is 1. The first-order valence-electron chi connectivity index (χ1n) is 7.55. The lowest BCUT2D eigenvalue weighted by atomic mass is 10.1. The van der Waals surface area contributed by atoms with E-state index in [2.05, 4.69) is 28.0 Å². The SMILES string of the molecule is Nc1c(-n2nnc(S)c2-c2ccc(Cl)cc2Cl)cnn1-c1ccccc1. The Labute approximate surface area is 164 Å². The molecule has 4 rings (SSSR count). The van der Waals surface area contributed by atoms with E-state index in [0.717, 1.165) is 5.69 Å². The predicted molar refractivity (Wildman–Crippen MR) is 106 cm³/mol. The summed E-state index contributed by atoms with van der Waals surface area (Å²) in [7, 11) is 0. The molecule has 0 amide bonds. The Morgan fingerprint density at radius 1 is 1.00 bits per heavy atom. The van der Waals surface area contributed by atoms with Crippen molar-refractivity contribution in [1.29, 1.82) is 0 Å². The fourth-order valence-corrected chi connectivity index (χ4v) is 3.40. The van der Waals surface area contributed by atoms with Gasteiger partial charge in [-0.05, 0) is 30.3 Å². The van der Waals surface area contributed by atoms with Crippen LogP contribution in [0.2, 0.25) is 10.0 Å². The van der Waals surface area contributed by atoms with Gasteiger partial charge in [0.1, 0.15) is 16.4 Å². The standard InChI is InChI=1S/C17H12Cl2N6S/c18-10-6-7-12(13(19)8-10)15-17(26)22-23-25(15)14-9-21-24(16(14)20)11-4-2-1-3-5-11/h1-9,26H,20H2. The second-order valence-electron chi connectivity index (χ2n) is 5.46. The number of thiol groups is 1. The molecule has 2 heterocycles. The van der Waals surface area contributed by atoms with E-state index < -0.39 is 0 Å². The smallest absolute Gasteiger partial charge is 0.153 e. The minimum atomic E-state index is 0.417. The Morgan fingerprint density at radius 2 is 1.77 bits per heavy atom. The van der Waals surface area contributed by atoms with Gasteiger partial charge in [0.2, 0.25) is 0 Å². The van der Waals surface area contributed by atoms with Crippen molar-refractivity contribution in [3.8, 4) is 22.6 Å². The number of aromatic nitrogens is 5. The number of halogens is 2. The van der Waals surface area contributed by atoms with Crippen molar-refractivity contribution in [2.75, 3.05) is 5.73 Å². The molecule has 9 heteroatoms. The third-order valence-corrected chi connectivity index (χ3v) is 4.70. The predicted octanol–water partition coefficient (Wildman–Crippen LogP) is 4.30. The average Bonchev–Trinajstić information content (AvgIpc) is 3.19. The second-order valence-corrected chi connectivity index (χ2v) is 6.73. The van der Waals surface area contributed by atoms with Crippen molar-refractivity contribution in [3.05, 3.63) is 64.8 Å². The number of benzene rings is 2. The zero-order valence-corrected chi connectivity index (χ0v) is 15.6. The van der Waals surface area contributed by atoms with Crippen LogP contribution in [-0.4, -0.2) is 24.8 Å². The Kier molecular flexibility index (Phi) is 4.36. The molecule has 26 heavy (non-hydrogen) atoms. The normalized spacial score (nSPS) is 11.0. The number of rotatable bonds is 3. The molecule has 0 fully saturated rings. The first-order valence-corrected chi connectivity index (χ1v) is 8.76. The van der Waals surface area contributed by atoms with Crippen molar-refractivity contribution in [2.24, 2.45) is 0 Å². The molecule has 0 saturated heterocycles. The van der Waals surface area contributed by atoms with Crippen molar-refractivity contribution in [2.45, 2.75) is 5.03 Å². The van der Waals surface area contributed by atoms with Crippen LogP contribution in [0.15, 0.2) is 59.8 Å². The highest BCUT2D eigenvalue weighted by atomic mass is 35.5. The number of para-hydroxylation sites is 1. The fourth-order valence-electron chi connectivity index (χ4n) is 2.65. The van der Waals surface area contributed by atoms with Crippen molar-refractivity contribution >= 4 is 41.6 Å². The summed E-state index contributed by atoms with van der Waals surface area (Å²) in [6, 6.07) is 14.8. The summed E-state index contributed by atoms with van der Waals surface area (Å²) in [5.41, 5.74) is 9.03. The van der Waals surface area contributed by atoms with E-state index in [0.29, 0.717) is 37.8 Å². The van der Waals surface area contributed by atoms with Crippen LogP contribution in [0.1, 0.15) is 0 Å². The maximum atomic E-state index is 6.35. The highest BCUT2D eigenvalue weighted by molar-refractivity contribution is 7.80. The zero-order chi connectivity index (χ0) is 18.3. The molecule has 0 radical (unpaired) electrons. The average molecular weight is 403 g/mol. The first kappa shape index (κ1) is 17.0. The second kappa shape index (κ2) is 6.68. The molecule has 0 bridgehead atoms. The molecule has 0 atom stereocenters. The van der Waals surface area contributed by atoms with Crippen molar-refractivity contribution in [3.63, 3.8) is 0 Å². The highest BCUT2D eigenvalue weighted by Gasteiger charge is 2.20. The molecule has 130 valence electrons. The first-order chi connectivity index (χ1) is 12.6. The summed E-state index contributed by atoms with van der Waals surface area (Å²) in [6.45, 7) is 0. The molecule has 0 aliphatic rings. The molecule has 2 N–H and O–H groups in total. The van der Waals surface area contributed by atoms with Crippen LogP contribution in [0.25, 0.3) is 22.6 Å². The molecule has 2 aromatic carbocycles. The van der Waals surface area contributed by atoms with Gasteiger partial charge in [-0.2, -0.15) is 5.10 Å². The number of anilines is 1. The Morgan fingerprint density at radius 3 is 2.50 bits per heavy atom. The molecular formula is C17H12Cl2N6S. The maximum absolute atomic E-state index is 6.35. The minimum absolute atomic E-state index is 0.417. The Balaban J connectivity index is 1.88. The van der Waals surface area contributed by atoms with Crippen LogP contribution >= 0.6 is 35.8 Å². The van der Waals surface area contributed by atoms with Crippen molar-refractivity contribution in [1.82, 2.24) is 24.8 Å². The summed E-state index contributed by atoms with van der Waals surface area (Å²) < 4.78 is 3.20. The van der Waals surface area contributed by atoms with E-state index >= 15 is 0 Å². The topological polar surface area (TPSA) is 74.6 Å². The van der Waals surface area contributed by atoms with Gasteiger partial charge in [0.15, 0.2) is 5.82 Å². The van der Waals surface area contributed by atoms with Gasteiger partial charge in [-0.3, -0.25) is 0 Å². The van der Waals surface area contributed by atoms with E-state index in [1.54, 1.807) is 33.8 Å². The van der Waals surface area contributed by atoms with Crippen LogP contribution in [0, 0.1) is 0 Å². The quantitative estimate of drug-likeness (QED) is 0.501. The lowest BCUT2D eigenvalue weighted by molar-refractivity contribution is 0.801. The van der Waals surface area contributed by atoms with Crippen LogP contribution < -0.4 is 5.73 Å². The summed E-state index contributed by atoms with van der Waals surface area (Å²) in [6.07, 6.45) is 1.62. The Bertz CT molecular complexity index is 1090. The monoisotopic (exact) mass is 402 g/mol. The lowest BCUT2D eigenvalue weighted by Crippen LogP contribution is -2.06. The van der Waals surface area contributed by atoms with Crippen LogP contribution in [0.4, 0.5) is 5.82 Å². The fraction of sp³-hybridized carbons (Fsp3) is 0. The van der Waals surface area contributed by atoms with Crippen LogP contribution in [-0.2, 0) is 0 Å². The van der Waals surface area contributed by atoms with Gasteiger partial charge in [-0.25, -0.2) is 9.36 Å². The van der Waals surface area contributed by atoms with Gasteiger partial charge in [0, 0.05) is 10.6 Å². The third kappa shape index (κ3) is 2.84. The largest absolute Gasteiger partial charge is 0.382 e. The molecule has 6 nitrogen and oxygen atoms in total. The number of nitrogens with two attached hydrogens (primary N) is 1. The molecule has 0 aliphatic carbocycles. The van der Waals surface area contributed by atoms with E-state index in [1.807, 2.05) is 30.3 Å². The maximum Gasteiger partial charge on any atom is 0.153 e. The minimum Gasteiger partial charge on any atom is -0.382 e. The summed E-state index contributed by atoms with van der Waals surface area (Å²) >= 11 is 16.8. The zero-order valence-electron chi connectivity index (χ0n) is 13.2. The molecule has 0 spiro atoms. The van der Waals surface area contributed by atoms with Gasteiger partial charge in [-0.15, -0.1) is 17.7 Å². The van der Waals surface area contributed by atoms with E-state index in [1.165, 1.54) is 0 Å². The van der Waals surface area contributed by atoms with E-state index in [9.17, 15) is 0 Å². The van der Waals surface area contributed by atoms with Crippen LogP contribution in [0.3, 0.4) is 0 Å². The van der Waals surface area contributed by atoms with E-state index in [4.69, 9.17) is 28.9 Å². The molecule has 0 unspecified atom stereocenters. The molecular weight excluding hydrogens is 391 g/mol. The highest BCUT2D eigenvalue weighted by Crippen LogP contribution is 2.35. The number of hydrogen-bond donors (Lipinski definition) is 2. The summed E-state index contributed by atoms with van der Waals surface area (Å²) in [5.74, 6) is 0.417. The Hall–Kier alpha value is -2.48. The van der Waals surface area contributed by atoms with Gasteiger partial charge in [0.25, 0.3) is 0 Å². The van der Waals surface area contributed by atoms with E-state index in [-0.39, 0.29) is 0 Å². The van der Waals surface area contributed by atoms with Gasteiger partial charge in [0.05, 0.1) is 16.9 Å². The van der Waals surface area contributed by atoms with Gasteiger partial charge < -0.3 is 5.73 Å². The lowest BCUT2D eigenvalue weighted by Gasteiger charge is -2.09. The molecule has 0 saturated carbocycles. The van der Waals surface area contributed by atoms with Crippen molar-refractivity contribution < 1.29 is 0 Å². The summed E-state index contributed by atoms with van der Waals surface area (Å²) in [5, 5.41) is 14.0.